The number of halogens is 1. The fourth-order valence-electron chi connectivity index (χ4n) is 4.03. The SMILES string of the molecule is Cc1ccccc1Nc1nc(Nc2ccccc2C)nc(NC(C)CNc2ccnc3cc(Cl)ccc23)n1. The number of anilines is 6. The first-order chi connectivity index (χ1) is 18.4. The summed E-state index contributed by atoms with van der Waals surface area (Å²) in [7, 11) is 0. The third-order valence-electron chi connectivity index (χ3n) is 6.10. The Balaban J connectivity index is 1.36. The summed E-state index contributed by atoms with van der Waals surface area (Å²) in [6, 6.07) is 23.7. The molecule has 0 spiro atoms. The van der Waals surface area contributed by atoms with E-state index in [1.165, 1.54) is 0 Å². The van der Waals surface area contributed by atoms with Crippen molar-refractivity contribution in [3.8, 4) is 0 Å². The van der Waals surface area contributed by atoms with E-state index in [1.807, 2.05) is 86.6 Å². The fourth-order valence-corrected chi connectivity index (χ4v) is 4.20. The van der Waals surface area contributed by atoms with Crippen LogP contribution in [0.1, 0.15) is 18.1 Å². The van der Waals surface area contributed by atoms with E-state index in [-0.39, 0.29) is 6.04 Å². The molecular weight excluding hydrogens is 496 g/mol. The Kier molecular flexibility index (Phi) is 7.51. The Labute approximate surface area is 226 Å². The molecular formula is C29H29ClN8. The van der Waals surface area contributed by atoms with Crippen molar-refractivity contribution in [3.63, 3.8) is 0 Å². The molecule has 3 aromatic carbocycles. The molecule has 5 aromatic rings. The summed E-state index contributed by atoms with van der Waals surface area (Å²) in [5.74, 6) is 1.36. The molecule has 2 aromatic heterocycles. The molecule has 4 N–H and O–H groups in total. The van der Waals surface area contributed by atoms with Gasteiger partial charge in [0.15, 0.2) is 0 Å². The van der Waals surface area contributed by atoms with Crippen LogP contribution in [-0.2, 0) is 0 Å². The molecule has 0 bridgehead atoms. The van der Waals surface area contributed by atoms with Crippen LogP contribution in [-0.4, -0.2) is 32.5 Å². The molecule has 0 saturated heterocycles. The van der Waals surface area contributed by atoms with Gasteiger partial charge in [0, 0.05) is 46.3 Å². The average molecular weight is 525 g/mol. The topological polar surface area (TPSA) is 99.7 Å². The summed E-state index contributed by atoms with van der Waals surface area (Å²) in [5.41, 5.74) is 5.90. The van der Waals surface area contributed by atoms with Crippen molar-refractivity contribution < 1.29 is 0 Å². The number of hydrogen-bond donors (Lipinski definition) is 4. The van der Waals surface area contributed by atoms with Gasteiger partial charge in [0.1, 0.15) is 0 Å². The Morgan fingerprint density at radius 3 is 1.97 bits per heavy atom. The highest BCUT2D eigenvalue weighted by Crippen LogP contribution is 2.25. The van der Waals surface area contributed by atoms with Gasteiger partial charge in [-0.15, -0.1) is 0 Å². The second-order valence-electron chi connectivity index (χ2n) is 9.13. The summed E-state index contributed by atoms with van der Waals surface area (Å²) < 4.78 is 0. The number of aryl methyl sites for hydroxylation is 2. The number of para-hydroxylation sites is 2. The molecule has 5 rings (SSSR count). The molecule has 2 heterocycles. The van der Waals surface area contributed by atoms with Crippen LogP contribution in [0.15, 0.2) is 79.0 Å². The van der Waals surface area contributed by atoms with Crippen LogP contribution >= 0.6 is 11.6 Å². The Morgan fingerprint density at radius 1 is 0.737 bits per heavy atom. The lowest BCUT2D eigenvalue weighted by molar-refractivity contribution is 0.817. The van der Waals surface area contributed by atoms with Gasteiger partial charge in [0.05, 0.1) is 5.52 Å². The molecule has 192 valence electrons. The van der Waals surface area contributed by atoms with E-state index in [1.54, 1.807) is 6.20 Å². The van der Waals surface area contributed by atoms with E-state index in [0.717, 1.165) is 39.1 Å². The van der Waals surface area contributed by atoms with Gasteiger partial charge >= 0.3 is 0 Å². The summed E-state index contributed by atoms with van der Waals surface area (Å²) in [4.78, 5) is 18.4. The van der Waals surface area contributed by atoms with Crippen molar-refractivity contribution in [3.05, 3.63) is 95.1 Å². The quantitative estimate of drug-likeness (QED) is 0.162. The highest BCUT2D eigenvalue weighted by molar-refractivity contribution is 6.31. The maximum atomic E-state index is 6.13. The lowest BCUT2D eigenvalue weighted by atomic mass is 10.2. The van der Waals surface area contributed by atoms with Gasteiger partial charge in [0.25, 0.3) is 0 Å². The third kappa shape index (κ3) is 6.10. The van der Waals surface area contributed by atoms with Crippen LogP contribution in [0.4, 0.5) is 34.9 Å². The first kappa shape index (κ1) is 25.2. The number of nitrogens with zero attached hydrogens (tertiary/aromatic N) is 4. The molecule has 9 heteroatoms. The molecule has 0 aliphatic carbocycles. The highest BCUT2D eigenvalue weighted by atomic mass is 35.5. The summed E-state index contributed by atoms with van der Waals surface area (Å²) in [6.45, 7) is 6.79. The second-order valence-corrected chi connectivity index (χ2v) is 9.57. The van der Waals surface area contributed by atoms with E-state index in [4.69, 9.17) is 11.6 Å². The molecule has 1 unspecified atom stereocenters. The zero-order valence-corrected chi connectivity index (χ0v) is 22.2. The Bertz CT molecular complexity index is 1510. The molecule has 1 atom stereocenters. The minimum absolute atomic E-state index is 0.00513. The maximum Gasteiger partial charge on any atom is 0.233 e. The summed E-state index contributed by atoms with van der Waals surface area (Å²) in [6.07, 6.45) is 1.78. The third-order valence-corrected chi connectivity index (χ3v) is 6.33. The van der Waals surface area contributed by atoms with Gasteiger partial charge in [0.2, 0.25) is 17.8 Å². The van der Waals surface area contributed by atoms with Crippen LogP contribution in [0.5, 0.6) is 0 Å². The number of aromatic nitrogens is 4. The van der Waals surface area contributed by atoms with Crippen molar-refractivity contribution in [2.75, 3.05) is 27.8 Å². The number of hydrogen-bond acceptors (Lipinski definition) is 8. The monoisotopic (exact) mass is 524 g/mol. The lowest BCUT2D eigenvalue weighted by Gasteiger charge is -2.18. The van der Waals surface area contributed by atoms with Crippen molar-refractivity contribution in [1.29, 1.82) is 0 Å². The first-order valence-corrected chi connectivity index (χ1v) is 12.8. The van der Waals surface area contributed by atoms with Crippen molar-refractivity contribution in [2.45, 2.75) is 26.8 Å². The smallest absolute Gasteiger partial charge is 0.233 e. The van der Waals surface area contributed by atoms with Crippen LogP contribution in [0.3, 0.4) is 0 Å². The van der Waals surface area contributed by atoms with E-state index >= 15 is 0 Å². The Hall–Kier alpha value is -4.43. The van der Waals surface area contributed by atoms with Crippen molar-refractivity contribution in [1.82, 2.24) is 19.9 Å². The zero-order valence-electron chi connectivity index (χ0n) is 21.5. The minimum atomic E-state index is 0.00513. The number of pyridine rings is 1. The van der Waals surface area contributed by atoms with E-state index in [2.05, 4.69) is 48.1 Å². The number of benzene rings is 3. The van der Waals surface area contributed by atoms with Crippen LogP contribution in [0.2, 0.25) is 5.02 Å². The van der Waals surface area contributed by atoms with E-state index in [0.29, 0.717) is 29.4 Å². The van der Waals surface area contributed by atoms with Crippen LogP contribution in [0.25, 0.3) is 10.9 Å². The number of rotatable bonds is 9. The molecule has 38 heavy (non-hydrogen) atoms. The minimum Gasteiger partial charge on any atom is -0.382 e. The maximum absolute atomic E-state index is 6.13. The summed E-state index contributed by atoms with van der Waals surface area (Å²) >= 11 is 6.13. The van der Waals surface area contributed by atoms with Gasteiger partial charge in [-0.1, -0.05) is 48.0 Å². The predicted molar refractivity (Wildman–Crippen MR) is 157 cm³/mol. The van der Waals surface area contributed by atoms with Crippen LogP contribution < -0.4 is 21.3 Å². The second kappa shape index (κ2) is 11.3. The zero-order chi connectivity index (χ0) is 26.5. The Morgan fingerprint density at radius 2 is 1.34 bits per heavy atom. The van der Waals surface area contributed by atoms with Gasteiger partial charge in [-0.05, 0) is 68.3 Å². The van der Waals surface area contributed by atoms with Crippen molar-refractivity contribution in [2.24, 2.45) is 0 Å². The molecule has 0 radical (unpaired) electrons. The predicted octanol–water partition coefficient (Wildman–Crippen LogP) is 7.09. The molecule has 0 amide bonds. The number of nitrogens with one attached hydrogen (secondary N) is 4. The van der Waals surface area contributed by atoms with Gasteiger partial charge in [-0.25, -0.2) is 0 Å². The molecule has 8 nitrogen and oxygen atoms in total. The largest absolute Gasteiger partial charge is 0.382 e. The first-order valence-electron chi connectivity index (χ1n) is 12.4. The molecule has 0 aliphatic heterocycles. The molecule has 0 fully saturated rings. The van der Waals surface area contributed by atoms with Gasteiger partial charge in [-0.2, -0.15) is 15.0 Å². The van der Waals surface area contributed by atoms with Gasteiger partial charge < -0.3 is 21.3 Å². The highest BCUT2D eigenvalue weighted by Gasteiger charge is 2.12. The normalized spacial score (nSPS) is 11.7. The molecule has 0 saturated carbocycles. The summed E-state index contributed by atoms with van der Waals surface area (Å²) in [5, 5.41) is 15.3. The average Bonchev–Trinajstić information content (AvgIpc) is 2.90. The van der Waals surface area contributed by atoms with Gasteiger partial charge in [-0.3, -0.25) is 4.98 Å². The lowest BCUT2D eigenvalue weighted by Crippen LogP contribution is -2.26. The number of fused-ring (bicyclic) bond motifs is 1. The molecule has 0 aliphatic rings. The fraction of sp³-hybridized carbons (Fsp3) is 0.172. The van der Waals surface area contributed by atoms with Crippen LogP contribution in [0, 0.1) is 13.8 Å². The standard InChI is InChI=1S/C29H29ClN8/c1-18-8-4-6-10-23(18)34-28-36-27(37-29(38-28)35-24-11-7-5-9-19(24)2)33-20(3)17-32-25-14-15-31-26-16-21(30)12-13-22(25)26/h4-16,20H,17H2,1-3H3,(H,31,32)(H3,33,34,35,36,37,38). The van der Waals surface area contributed by atoms with E-state index < -0.39 is 0 Å². The van der Waals surface area contributed by atoms with E-state index in [9.17, 15) is 0 Å². The van der Waals surface area contributed by atoms with Crippen molar-refractivity contribution >= 4 is 57.4 Å².